The molecule has 2 nitrogen and oxygen atoms in total. The summed E-state index contributed by atoms with van der Waals surface area (Å²) >= 11 is 0. The number of halogens is 3. The molecule has 98 valence electrons. The number of nitrogens with zero attached hydrogens (tertiary/aromatic N) is 1. The second-order valence-corrected chi connectivity index (χ2v) is 4.56. The van der Waals surface area contributed by atoms with E-state index >= 15 is 0 Å². The van der Waals surface area contributed by atoms with Crippen molar-refractivity contribution in [3.8, 4) is 0 Å². The first-order chi connectivity index (χ1) is 8.50. The molecule has 0 unspecified atom stereocenters. The van der Waals surface area contributed by atoms with Crippen molar-refractivity contribution in [2.24, 2.45) is 5.16 Å². The zero-order valence-corrected chi connectivity index (χ0v) is 9.74. The van der Waals surface area contributed by atoms with Gasteiger partial charge in [0.1, 0.15) is 0 Å². The van der Waals surface area contributed by atoms with Crippen molar-refractivity contribution in [2.75, 3.05) is 0 Å². The lowest BCUT2D eigenvalue weighted by Crippen LogP contribution is -2.14. The van der Waals surface area contributed by atoms with Gasteiger partial charge in [-0.25, -0.2) is 0 Å². The van der Waals surface area contributed by atoms with Gasteiger partial charge in [-0.15, -0.1) is 0 Å². The molecule has 1 fully saturated rings. The Hall–Kier alpha value is -1.52. The maximum absolute atomic E-state index is 12.6. The van der Waals surface area contributed by atoms with Crippen LogP contribution in [0.25, 0.3) is 0 Å². The van der Waals surface area contributed by atoms with Gasteiger partial charge in [0.2, 0.25) is 0 Å². The van der Waals surface area contributed by atoms with E-state index in [1.807, 2.05) is 0 Å². The maximum atomic E-state index is 12.6. The summed E-state index contributed by atoms with van der Waals surface area (Å²) in [6, 6.07) is 5.51. The highest BCUT2D eigenvalue weighted by Crippen LogP contribution is 2.35. The Morgan fingerprint density at radius 1 is 1.17 bits per heavy atom. The molecule has 0 saturated heterocycles. The molecule has 0 heterocycles. The topological polar surface area (TPSA) is 32.6 Å². The first-order valence-corrected chi connectivity index (χ1v) is 5.87. The predicted molar refractivity (Wildman–Crippen MR) is 61.9 cm³/mol. The van der Waals surface area contributed by atoms with E-state index in [9.17, 15) is 13.2 Å². The highest BCUT2D eigenvalue weighted by atomic mass is 19.4. The molecule has 0 aromatic heterocycles. The third-order valence-corrected chi connectivity index (χ3v) is 3.39. The first kappa shape index (κ1) is 12.9. The number of alkyl halides is 3. The van der Waals surface area contributed by atoms with Gasteiger partial charge < -0.3 is 5.21 Å². The van der Waals surface area contributed by atoms with E-state index in [-0.39, 0.29) is 5.92 Å². The largest absolute Gasteiger partial charge is 0.416 e. The summed E-state index contributed by atoms with van der Waals surface area (Å²) in [5, 5.41) is 11.8. The monoisotopic (exact) mass is 257 g/mol. The van der Waals surface area contributed by atoms with E-state index in [1.54, 1.807) is 6.07 Å². The minimum atomic E-state index is -4.29. The zero-order valence-electron chi connectivity index (χ0n) is 9.74. The Bertz CT molecular complexity index is 444. The molecule has 1 N–H and O–H groups in total. The molecule has 18 heavy (non-hydrogen) atoms. The average Bonchev–Trinajstić information content (AvgIpc) is 2.38. The maximum Gasteiger partial charge on any atom is 0.416 e. The van der Waals surface area contributed by atoms with Gasteiger partial charge >= 0.3 is 6.18 Å². The Morgan fingerprint density at radius 3 is 2.39 bits per heavy atom. The van der Waals surface area contributed by atoms with Crippen LogP contribution in [0.5, 0.6) is 0 Å². The lowest BCUT2D eigenvalue weighted by molar-refractivity contribution is -0.137. The molecule has 0 bridgehead atoms. The second kappa shape index (κ2) is 5.00. The molecule has 1 aliphatic rings. The van der Waals surface area contributed by atoms with E-state index in [2.05, 4.69) is 5.16 Å². The molecule has 0 radical (unpaired) electrons. The van der Waals surface area contributed by atoms with Gasteiger partial charge in [0.25, 0.3) is 0 Å². The van der Waals surface area contributed by atoms with Crippen LogP contribution >= 0.6 is 0 Å². The fourth-order valence-electron chi connectivity index (χ4n) is 2.35. The molecule has 1 aromatic carbocycles. The van der Waals surface area contributed by atoms with Crippen LogP contribution in [-0.2, 0) is 6.18 Å². The minimum absolute atomic E-state index is 0.123. The third kappa shape index (κ3) is 2.83. The Kier molecular flexibility index (Phi) is 3.59. The van der Waals surface area contributed by atoms with E-state index in [4.69, 9.17) is 5.21 Å². The molecular weight excluding hydrogens is 243 g/mol. The molecular formula is C13H14F3NO. The highest BCUT2D eigenvalue weighted by Gasteiger charge is 2.31. The number of benzene rings is 1. The Morgan fingerprint density at radius 2 is 1.83 bits per heavy atom. The van der Waals surface area contributed by atoms with Gasteiger partial charge in [-0.1, -0.05) is 23.4 Å². The second-order valence-electron chi connectivity index (χ2n) is 4.56. The fraction of sp³-hybridized carbons (Fsp3) is 0.462. The first-order valence-electron chi connectivity index (χ1n) is 5.87. The number of rotatable bonds is 1. The minimum Gasteiger partial charge on any atom is -0.411 e. The van der Waals surface area contributed by atoms with Crippen LogP contribution in [0.3, 0.4) is 0 Å². The molecule has 2 rings (SSSR count). The Labute approximate surface area is 103 Å². The summed E-state index contributed by atoms with van der Waals surface area (Å²) in [4.78, 5) is 0. The molecule has 0 atom stereocenters. The lowest BCUT2D eigenvalue weighted by atomic mass is 9.83. The fourth-order valence-corrected chi connectivity index (χ4v) is 2.35. The van der Waals surface area contributed by atoms with Crippen molar-refractivity contribution in [3.63, 3.8) is 0 Å². The average molecular weight is 257 g/mol. The smallest absolute Gasteiger partial charge is 0.411 e. The van der Waals surface area contributed by atoms with Gasteiger partial charge in [0.15, 0.2) is 0 Å². The van der Waals surface area contributed by atoms with Gasteiger partial charge in [-0.05, 0) is 43.2 Å². The molecule has 1 aliphatic carbocycles. The van der Waals surface area contributed by atoms with Crippen molar-refractivity contribution < 1.29 is 18.4 Å². The van der Waals surface area contributed by atoms with Gasteiger partial charge in [0, 0.05) is 0 Å². The summed E-state index contributed by atoms with van der Waals surface area (Å²) in [7, 11) is 0. The molecule has 0 aliphatic heterocycles. The van der Waals surface area contributed by atoms with Gasteiger partial charge in [-0.2, -0.15) is 13.2 Å². The molecule has 5 heteroatoms. The predicted octanol–water partition coefficient (Wildman–Crippen LogP) is 4.19. The van der Waals surface area contributed by atoms with Crippen LogP contribution in [-0.4, -0.2) is 10.9 Å². The van der Waals surface area contributed by atoms with Crippen molar-refractivity contribution in [2.45, 2.75) is 37.8 Å². The van der Waals surface area contributed by atoms with Gasteiger partial charge in [0.05, 0.1) is 11.3 Å². The third-order valence-electron chi connectivity index (χ3n) is 3.39. The number of oxime groups is 1. The van der Waals surface area contributed by atoms with E-state index in [0.29, 0.717) is 12.8 Å². The molecule has 1 aromatic rings. The molecule has 1 saturated carbocycles. The van der Waals surface area contributed by atoms with Crippen LogP contribution in [0.2, 0.25) is 0 Å². The van der Waals surface area contributed by atoms with Crippen LogP contribution in [0, 0.1) is 0 Å². The SMILES string of the molecule is ON=C1CCC(c2cccc(C(F)(F)F)c2)CC1. The normalized spacial score (nSPS) is 20.8. The highest BCUT2D eigenvalue weighted by molar-refractivity contribution is 5.84. The quantitative estimate of drug-likeness (QED) is 0.593. The lowest BCUT2D eigenvalue weighted by Gasteiger charge is -2.23. The summed E-state index contributed by atoms with van der Waals surface area (Å²) < 4.78 is 37.8. The van der Waals surface area contributed by atoms with Crippen molar-refractivity contribution in [3.05, 3.63) is 35.4 Å². The number of hydrogen-bond acceptors (Lipinski definition) is 2. The molecule has 0 spiro atoms. The van der Waals surface area contributed by atoms with Crippen LogP contribution in [0.15, 0.2) is 29.4 Å². The van der Waals surface area contributed by atoms with Crippen LogP contribution in [0.1, 0.15) is 42.7 Å². The van der Waals surface area contributed by atoms with Crippen molar-refractivity contribution in [1.82, 2.24) is 0 Å². The summed E-state index contributed by atoms with van der Waals surface area (Å²) in [6.07, 6.45) is -1.52. The van der Waals surface area contributed by atoms with E-state index < -0.39 is 11.7 Å². The van der Waals surface area contributed by atoms with Crippen LogP contribution < -0.4 is 0 Å². The van der Waals surface area contributed by atoms with Crippen molar-refractivity contribution >= 4 is 5.71 Å². The Balaban J connectivity index is 2.15. The standard InChI is InChI=1S/C13H14F3NO/c14-13(15,16)11-3-1-2-10(8-11)9-4-6-12(17-18)7-5-9/h1-3,8-9,18H,4-7H2. The summed E-state index contributed by atoms with van der Waals surface area (Å²) in [5.41, 5.74) is 0.863. The zero-order chi connectivity index (χ0) is 13.2. The van der Waals surface area contributed by atoms with E-state index in [1.165, 1.54) is 12.1 Å². The van der Waals surface area contributed by atoms with Crippen LogP contribution in [0.4, 0.5) is 13.2 Å². The summed E-state index contributed by atoms with van der Waals surface area (Å²) in [5.74, 6) is 0.123. The van der Waals surface area contributed by atoms with Crippen molar-refractivity contribution in [1.29, 1.82) is 0 Å². The van der Waals surface area contributed by atoms with Gasteiger partial charge in [-0.3, -0.25) is 0 Å². The van der Waals surface area contributed by atoms with E-state index in [0.717, 1.165) is 30.2 Å². The summed E-state index contributed by atoms with van der Waals surface area (Å²) in [6.45, 7) is 0. The molecule has 0 amide bonds. The number of hydrogen-bond donors (Lipinski definition) is 1.